The van der Waals surface area contributed by atoms with Gasteiger partial charge in [0.2, 0.25) is 0 Å². The van der Waals surface area contributed by atoms with Gasteiger partial charge in [0.15, 0.2) is 50.3 Å². The van der Waals surface area contributed by atoms with E-state index in [1.807, 2.05) is 0 Å². The molecule has 0 aromatic rings. The Morgan fingerprint density at radius 2 is 0.328 bits per heavy atom. The maximum atomic E-state index is 12.3. The van der Waals surface area contributed by atoms with Crippen molar-refractivity contribution in [2.75, 3.05) is 118 Å². The SMILES string of the molecule is O=COCCSCC1OC2OC3C(CSCCOC=O)OC(OC4C(CSCCC(=O)O)OC(OC5C(CSCCC(=O)O)OC(OC6C(CSCCC(=O)O)OC(OC7C(CSCCC(=O)O)OC(OC8C(CSCCOC=O)OC(OC9C(CSCCOC=O)OC(OC1C(O)C2O)C(O)C9O)C(O)C8O)C(O)C7O)C(O)C6O)C(O)C5O)C(O)C4O)C(O)C3O. The molecule has 40 unspecified atom stereocenters. The van der Waals surface area contributed by atoms with Gasteiger partial charge in [-0.2, -0.15) is 94.1 Å². The van der Waals surface area contributed by atoms with Gasteiger partial charge in [0, 0.05) is 92.0 Å². The molecule has 30 heterocycles. The van der Waals surface area contributed by atoms with Gasteiger partial charge in [0.25, 0.3) is 25.9 Å². The molecule has 30 saturated heterocycles. The fraction of sp³-hybridized carbons (Fsp3) is 0.889. The van der Waals surface area contributed by atoms with Crippen LogP contribution >= 0.6 is 94.1 Å². The van der Waals surface area contributed by atoms with E-state index >= 15 is 0 Å². The van der Waals surface area contributed by atoms with E-state index in [9.17, 15) is 140 Å². The van der Waals surface area contributed by atoms with Crippen LogP contribution in [-0.4, -0.2) is 516 Å². The van der Waals surface area contributed by atoms with Crippen molar-refractivity contribution in [1.82, 2.24) is 0 Å². The molecular formula is C72H112O48S8. The molecule has 0 amide bonds. The minimum Gasteiger partial charge on any atom is -0.481 e. The lowest BCUT2D eigenvalue weighted by molar-refractivity contribution is -0.396. The second-order valence-electron chi connectivity index (χ2n) is 30.0. The van der Waals surface area contributed by atoms with E-state index in [1.54, 1.807) is 0 Å². The van der Waals surface area contributed by atoms with Gasteiger partial charge >= 0.3 is 23.9 Å². The molecule has 0 aliphatic carbocycles. The summed E-state index contributed by atoms with van der Waals surface area (Å²) in [6, 6.07) is 0. The van der Waals surface area contributed by atoms with Gasteiger partial charge in [-0.05, 0) is 0 Å². The molecule has 0 radical (unpaired) electrons. The minimum atomic E-state index is -2.30. The number of ether oxygens (including phenoxy) is 20. The number of aliphatic hydroxyl groups excluding tert-OH is 16. The first-order valence-corrected chi connectivity index (χ1v) is 49.6. The van der Waals surface area contributed by atoms with Gasteiger partial charge in [-0.25, -0.2) is 0 Å². The second kappa shape index (κ2) is 55.0. The number of aliphatic hydroxyl groups is 16. The van der Waals surface area contributed by atoms with E-state index < -0.39 is 295 Å². The van der Waals surface area contributed by atoms with Crippen LogP contribution in [0.3, 0.4) is 0 Å². The number of thioether (sulfide) groups is 8. The van der Waals surface area contributed by atoms with E-state index in [2.05, 4.69) is 0 Å². The Hall–Kier alpha value is -2.72. The highest BCUT2D eigenvalue weighted by molar-refractivity contribution is 8.00. The van der Waals surface area contributed by atoms with Crippen molar-refractivity contribution in [3.05, 3.63) is 0 Å². The van der Waals surface area contributed by atoms with Crippen LogP contribution in [-0.2, 0) is 133 Å². The highest BCUT2D eigenvalue weighted by atomic mass is 32.2. The monoisotopic (exact) mass is 2000 g/mol. The average Bonchev–Trinajstić information content (AvgIpc) is 0.771. The Balaban J connectivity index is 1.11. The summed E-state index contributed by atoms with van der Waals surface area (Å²) in [6.45, 7) is -0.0720. The van der Waals surface area contributed by atoms with Crippen LogP contribution < -0.4 is 0 Å². The Labute approximate surface area is 764 Å². The molecule has 30 aliphatic heterocycles. The normalized spacial score (nSPS) is 41.4. The molecule has 30 fully saturated rings. The molecule has 30 aliphatic rings. The van der Waals surface area contributed by atoms with Crippen molar-refractivity contribution < 1.29 is 235 Å². The zero-order chi connectivity index (χ0) is 93.0. The molecular weight excluding hydrogens is 1890 g/mol. The average molecular weight is 2000 g/mol. The number of carbonyl (C=O) groups excluding carboxylic acids is 4. The fourth-order valence-electron chi connectivity index (χ4n) is 14.7. The third kappa shape index (κ3) is 30.6. The van der Waals surface area contributed by atoms with E-state index in [0.717, 1.165) is 94.1 Å². The van der Waals surface area contributed by atoms with Gasteiger partial charge in [-0.1, -0.05) is 0 Å². The zero-order valence-electron chi connectivity index (χ0n) is 68.0. The predicted molar refractivity (Wildman–Crippen MR) is 440 cm³/mol. The van der Waals surface area contributed by atoms with Gasteiger partial charge in [0.1, 0.15) is 173 Å². The van der Waals surface area contributed by atoms with Crippen molar-refractivity contribution in [3.63, 3.8) is 0 Å². The van der Waals surface area contributed by atoms with Crippen LogP contribution in [0.15, 0.2) is 0 Å². The summed E-state index contributed by atoms with van der Waals surface area (Å²) >= 11 is 7.67. The summed E-state index contributed by atoms with van der Waals surface area (Å²) in [7, 11) is 0. The first kappa shape index (κ1) is 109. The van der Waals surface area contributed by atoms with E-state index in [0.29, 0.717) is 0 Å². The van der Waals surface area contributed by atoms with Crippen molar-refractivity contribution in [1.29, 1.82) is 0 Å². The van der Waals surface area contributed by atoms with Crippen LogP contribution in [0.4, 0.5) is 0 Å². The number of aliphatic carboxylic acids is 4. The molecule has 48 nitrogen and oxygen atoms in total. The molecule has 16 bridgehead atoms. The number of carboxylic acid groups (broad SMARTS) is 4. The summed E-state index contributed by atoms with van der Waals surface area (Å²) in [5, 5.41) is 234. The molecule has 736 valence electrons. The molecule has 0 saturated carbocycles. The smallest absolute Gasteiger partial charge is 0.304 e. The van der Waals surface area contributed by atoms with Crippen LogP contribution in [0.25, 0.3) is 0 Å². The molecule has 30 rings (SSSR count). The molecule has 0 aromatic carbocycles. The number of hydrogen-bond acceptors (Lipinski definition) is 52. The van der Waals surface area contributed by atoms with Crippen molar-refractivity contribution >= 4 is 144 Å². The quantitative estimate of drug-likeness (QED) is 0.0153. The maximum absolute atomic E-state index is 12.3. The Bertz CT molecular complexity index is 3270. The van der Waals surface area contributed by atoms with Gasteiger partial charge in [-0.3, -0.25) is 38.4 Å². The number of carbonyl (C=O) groups is 8. The van der Waals surface area contributed by atoms with Gasteiger partial charge in [-0.15, -0.1) is 0 Å². The third-order valence-corrected chi connectivity index (χ3v) is 29.5. The van der Waals surface area contributed by atoms with E-state index in [4.69, 9.17) is 94.7 Å². The van der Waals surface area contributed by atoms with Crippen LogP contribution in [0.1, 0.15) is 25.7 Å². The topological polar surface area (TPSA) is 726 Å². The first-order valence-electron chi connectivity index (χ1n) is 40.4. The van der Waals surface area contributed by atoms with Gasteiger partial charge < -0.3 is 197 Å². The molecule has 56 heteroatoms. The summed E-state index contributed by atoms with van der Waals surface area (Å²) in [5.41, 5.74) is 0. The molecule has 20 N–H and O–H groups in total. The zero-order valence-corrected chi connectivity index (χ0v) is 74.5. The highest BCUT2D eigenvalue weighted by Gasteiger charge is 2.61. The van der Waals surface area contributed by atoms with E-state index in [1.165, 1.54) is 0 Å². The molecule has 40 atom stereocenters. The largest absolute Gasteiger partial charge is 0.481 e. The fourth-order valence-corrected chi connectivity index (χ4v) is 22.1. The Kier molecular flexibility index (Phi) is 46.8. The lowest BCUT2D eigenvalue weighted by Crippen LogP contribution is -2.69. The van der Waals surface area contributed by atoms with Crippen molar-refractivity contribution in [3.8, 4) is 0 Å². The molecule has 0 spiro atoms. The van der Waals surface area contributed by atoms with Crippen molar-refractivity contribution in [2.24, 2.45) is 0 Å². The lowest BCUT2D eigenvalue weighted by atomic mass is 9.95. The maximum Gasteiger partial charge on any atom is 0.304 e. The second-order valence-corrected chi connectivity index (χ2v) is 39.2. The van der Waals surface area contributed by atoms with Crippen LogP contribution in [0.2, 0.25) is 0 Å². The highest BCUT2D eigenvalue weighted by Crippen LogP contribution is 2.43. The summed E-state index contributed by atoms with van der Waals surface area (Å²) in [4.78, 5) is 92.1. The molecule has 0 aromatic heterocycles. The third-order valence-electron chi connectivity index (χ3n) is 21.2. The minimum absolute atomic E-state index is 0.0326. The van der Waals surface area contributed by atoms with Gasteiger partial charge in [0.05, 0.1) is 74.5 Å². The predicted octanol–water partition coefficient (Wildman–Crippen LogP) is -8.89. The number of hydrogen-bond donors (Lipinski definition) is 20. The first-order chi connectivity index (χ1) is 61.3. The van der Waals surface area contributed by atoms with Crippen LogP contribution in [0, 0.1) is 0 Å². The van der Waals surface area contributed by atoms with Crippen molar-refractivity contribution in [2.45, 2.75) is 271 Å². The number of carboxylic acids is 4. The van der Waals surface area contributed by atoms with Crippen LogP contribution in [0.5, 0.6) is 0 Å². The summed E-state index contributed by atoms with van der Waals surface area (Å²) < 4.78 is 120. The summed E-state index contributed by atoms with van der Waals surface area (Å²) in [5.74, 6) is -7.88. The Morgan fingerprint density at radius 1 is 0.203 bits per heavy atom. The standard InChI is InChI=1S/C72H112O48S8/c73-25-101-5-13-125-21-33-61-46(90)54(98)70(110-33)119-63-35(23-127-15-7-103-27-75)112-72(56(100)48(63)92)120-64-36(24-128-16-8-104-28-76)111-71(55(99)47(64)91)118-62-34(22-126-14-6-102-26-74)109-69(53(97)45(62)89)116-60-32(20-124-12-4-40(83)84)107-67(51(95)43(60)87)114-58-30(18-122-10-2-38(79)80)105-65(49(93)41(58)85)113-57-29(17-121-9-1-37(77)78)106-66(50(94)42(57)86)115-59-31(19-123-11-3-39(81)82)108-68(117-61)52(96)44(59)88/h25-36,41-72,85-100H,1-24H2,(H,77,78)(H,79,80)(H,81,82)(H,83,84). The summed E-state index contributed by atoms with van der Waals surface area (Å²) in [6.07, 6.45) is -81.8. The number of rotatable bonds is 44. The molecule has 128 heavy (non-hydrogen) atoms. The lowest BCUT2D eigenvalue weighted by Gasteiger charge is -2.51. The Morgan fingerprint density at radius 3 is 0.445 bits per heavy atom. The van der Waals surface area contributed by atoms with E-state index in [-0.39, 0.29) is 144 Å².